The molecule has 0 aromatic heterocycles. The van der Waals surface area contributed by atoms with Gasteiger partial charge in [-0.15, -0.1) is 0 Å². The Labute approximate surface area is 261 Å². The number of rotatable bonds is 9. The summed E-state index contributed by atoms with van der Waals surface area (Å²) in [5, 5.41) is 48.9. The third-order valence-electron chi connectivity index (χ3n) is 9.22. The topological polar surface area (TPSA) is 186 Å². The molecule has 0 radical (unpaired) electrons. The van der Waals surface area contributed by atoms with Crippen molar-refractivity contribution in [2.24, 2.45) is 17.6 Å². The quantitative estimate of drug-likeness (QED) is 0.175. The monoisotopic (exact) mass is 620 g/mol. The van der Waals surface area contributed by atoms with Gasteiger partial charge in [0.05, 0.1) is 18.7 Å². The van der Waals surface area contributed by atoms with Crippen LogP contribution in [-0.4, -0.2) is 108 Å². The summed E-state index contributed by atoms with van der Waals surface area (Å²) in [5.74, 6) is -6.30. The van der Waals surface area contributed by atoms with Gasteiger partial charge in [-0.2, -0.15) is 0 Å². The number of aliphatic hydroxyl groups is 3. The molecule has 12 heteroatoms. The van der Waals surface area contributed by atoms with Crippen LogP contribution in [0.4, 0.5) is 0 Å². The van der Waals surface area contributed by atoms with Gasteiger partial charge in [0.25, 0.3) is 5.91 Å². The molecule has 1 amide bonds. The first-order chi connectivity index (χ1) is 21.2. The van der Waals surface area contributed by atoms with Gasteiger partial charge in [0.1, 0.15) is 28.6 Å². The first-order valence-electron chi connectivity index (χ1n) is 14.8. The number of methoxy groups -OCH3 is 1. The summed E-state index contributed by atoms with van der Waals surface area (Å²) in [6.45, 7) is 2.26. The fraction of sp³-hybridized carbons (Fsp3) is 0.424. The van der Waals surface area contributed by atoms with Gasteiger partial charge in [0.15, 0.2) is 11.4 Å². The highest BCUT2D eigenvalue weighted by Gasteiger charge is 2.64. The van der Waals surface area contributed by atoms with Gasteiger partial charge in [-0.1, -0.05) is 12.1 Å². The van der Waals surface area contributed by atoms with Crippen molar-refractivity contribution >= 4 is 23.2 Å². The van der Waals surface area contributed by atoms with E-state index in [9.17, 15) is 34.8 Å². The van der Waals surface area contributed by atoms with E-state index < -0.39 is 58.0 Å². The number of phenols is 1. The Hall–Kier alpha value is -4.23. The van der Waals surface area contributed by atoms with Crippen LogP contribution in [0.15, 0.2) is 47.2 Å². The number of hydrogen-bond donors (Lipinski definition) is 6. The lowest BCUT2D eigenvalue weighted by Crippen LogP contribution is -2.65. The summed E-state index contributed by atoms with van der Waals surface area (Å²) in [7, 11) is 8.69. The molecule has 0 unspecified atom stereocenters. The average molecular weight is 621 g/mol. The Morgan fingerprint density at radius 2 is 1.80 bits per heavy atom. The molecule has 5 rings (SSSR count). The molecule has 4 atom stereocenters. The number of fused-ring (bicyclic) bond motifs is 3. The van der Waals surface area contributed by atoms with Crippen molar-refractivity contribution in [3.63, 3.8) is 0 Å². The molecule has 0 heterocycles. The number of aliphatic hydroxyl groups excluding tert-OH is 2. The van der Waals surface area contributed by atoms with Gasteiger partial charge in [-0.05, 0) is 81.8 Å². The van der Waals surface area contributed by atoms with Crippen LogP contribution < -0.4 is 15.8 Å². The van der Waals surface area contributed by atoms with E-state index in [4.69, 9.17) is 10.5 Å². The maximum absolute atomic E-state index is 14.1. The van der Waals surface area contributed by atoms with Crippen molar-refractivity contribution in [1.82, 2.24) is 15.1 Å². The van der Waals surface area contributed by atoms with Crippen molar-refractivity contribution in [3.05, 3.63) is 63.9 Å². The van der Waals surface area contributed by atoms with Gasteiger partial charge in [0.2, 0.25) is 5.78 Å². The van der Waals surface area contributed by atoms with E-state index in [0.717, 1.165) is 24.2 Å². The number of hydrogen-bond acceptors (Lipinski definition) is 11. The molecule has 1 saturated carbocycles. The highest BCUT2D eigenvalue weighted by molar-refractivity contribution is 6.24. The summed E-state index contributed by atoms with van der Waals surface area (Å²) in [5.41, 5.74) is 4.66. The van der Waals surface area contributed by atoms with E-state index in [1.54, 1.807) is 27.3 Å². The molecule has 2 aromatic carbocycles. The number of nitrogens with one attached hydrogen (secondary N) is 1. The summed E-state index contributed by atoms with van der Waals surface area (Å²) in [4.78, 5) is 43.2. The number of aromatic hydroxyl groups is 1. The zero-order valence-electron chi connectivity index (χ0n) is 26.0. The number of likely N-dealkylation sites (N-methyl/N-ethyl adjacent to an activating group) is 2. The number of nitrogens with zero attached hydrogens (tertiary/aromatic N) is 2. The van der Waals surface area contributed by atoms with E-state index in [-0.39, 0.29) is 29.7 Å². The van der Waals surface area contributed by atoms with E-state index in [2.05, 4.69) is 10.2 Å². The number of carbonyl (C=O) groups excluding carboxylic acids is 3. The molecule has 240 valence electrons. The number of primary amides is 1. The van der Waals surface area contributed by atoms with E-state index in [0.29, 0.717) is 23.4 Å². The second-order valence-corrected chi connectivity index (χ2v) is 12.5. The molecular weight excluding hydrogens is 580 g/mol. The molecule has 12 nitrogen and oxygen atoms in total. The summed E-state index contributed by atoms with van der Waals surface area (Å²) >= 11 is 0. The molecule has 0 bridgehead atoms. The molecule has 1 fully saturated rings. The Kier molecular flexibility index (Phi) is 8.53. The summed E-state index contributed by atoms with van der Waals surface area (Å²) in [6.07, 6.45) is 0.181. The number of Topliss-reactive ketones (excluding diaryl/α,β-unsaturated/α-hetero) is 2. The molecule has 3 aliphatic rings. The van der Waals surface area contributed by atoms with Gasteiger partial charge in [-0.25, -0.2) is 0 Å². The predicted molar refractivity (Wildman–Crippen MR) is 166 cm³/mol. The smallest absolute Gasteiger partial charge is 0.255 e. The summed E-state index contributed by atoms with van der Waals surface area (Å²) in [6, 6.07) is 7.78. The minimum atomic E-state index is -2.69. The van der Waals surface area contributed by atoms with Crippen molar-refractivity contribution in [2.45, 2.75) is 31.0 Å². The predicted octanol–water partition coefficient (Wildman–Crippen LogP) is 1.29. The standard InChI is InChI=1S/C33H40N4O8/c1-36(2)11-10-35-15-16-6-9-23(45-5)19(12-16)18-7-8-22(38)25-20(18)13-17-14-21-27(37(3)4)29(40)26(32(34)43)31(42)33(21,44)30(41)24(17)28(25)39/h6-9,12,17,21,27,35,38-39,42,44H,10-11,13-15H2,1-5H3,(H2,34,43)/t17-,21-,27-,33-/m0/s1. The lowest BCUT2D eigenvalue weighted by Gasteiger charge is -2.50. The van der Waals surface area contributed by atoms with Gasteiger partial charge in [0, 0.05) is 36.7 Å². The van der Waals surface area contributed by atoms with Crippen molar-refractivity contribution < 1.29 is 39.5 Å². The van der Waals surface area contributed by atoms with Crippen molar-refractivity contribution in [3.8, 4) is 22.6 Å². The number of ether oxygens (including phenoxy) is 1. The van der Waals surface area contributed by atoms with Crippen LogP contribution in [0, 0.1) is 11.8 Å². The van der Waals surface area contributed by atoms with Crippen molar-refractivity contribution in [1.29, 1.82) is 0 Å². The number of carbonyl (C=O) groups is 3. The maximum atomic E-state index is 14.1. The number of amides is 1. The van der Waals surface area contributed by atoms with Gasteiger partial charge < -0.3 is 41.1 Å². The number of nitrogens with two attached hydrogens (primary N) is 1. The fourth-order valence-electron chi connectivity index (χ4n) is 7.11. The molecule has 3 aliphatic carbocycles. The normalized spacial score (nSPS) is 24.6. The Morgan fingerprint density at radius 1 is 1.09 bits per heavy atom. The zero-order chi connectivity index (χ0) is 33.0. The summed E-state index contributed by atoms with van der Waals surface area (Å²) < 4.78 is 5.70. The lowest BCUT2D eigenvalue weighted by molar-refractivity contribution is -0.153. The SMILES string of the molecule is COc1ccc(CNCCN(C)C)cc1-c1ccc(O)c2c1C[C@H]1C[C@H]3[C@H](N(C)C)C(=O)C(C(N)=O)=C(O)[C@@]3(O)C(=O)C1=C2O. The molecular formula is C33H40N4O8. The van der Waals surface area contributed by atoms with Crippen LogP contribution in [0.2, 0.25) is 0 Å². The van der Waals surface area contributed by atoms with Crippen LogP contribution >= 0.6 is 0 Å². The number of phenolic OH excluding ortho intramolecular Hbond substituents is 1. The first kappa shape index (κ1) is 32.2. The first-order valence-corrected chi connectivity index (χ1v) is 14.8. The third-order valence-corrected chi connectivity index (χ3v) is 9.22. The maximum Gasteiger partial charge on any atom is 0.255 e. The molecule has 0 saturated heterocycles. The largest absolute Gasteiger partial charge is 0.508 e. The van der Waals surface area contributed by atoms with E-state index in [1.807, 2.05) is 32.3 Å². The molecule has 7 N–H and O–H groups in total. The second-order valence-electron chi connectivity index (χ2n) is 12.5. The minimum Gasteiger partial charge on any atom is -0.508 e. The number of ketones is 2. The number of benzene rings is 2. The van der Waals surface area contributed by atoms with Crippen LogP contribution in [0.1, 0.15) is 23.1 Å². The molecule has 45 heavy (non-hydrogen) atoms. The van der Waals surface area contributed by atoms with Gasteiger partial charge >= 0.3 is 0 Å². The second kappa shape index (κ2) is 11.9. The van der Waals surface area contributed by atoms with Gasteiger partial charge in [-0.3, -0.25) is 19.3 Å². The van der Waals surface area contributed by atoms with Crippen LogP contribution in [-0.2, 0) is 27.3 Å². The Bertz CT molecular complexity index is 1650. The zero-order valence-corrected chi connectivity index (χ0v) is 26.0. The highest BCUT2D eigenvalue weighted by Crippen LogP contribution is 2.54. The van der Waals surface area contributed by atoms with Crippen LogP contribution in [0.25, 0.3) is 16.9 Å². The van der Waals surface area contributed by atoms with E-state index >= 15 is 0 Å². The minimum absolute atomic E-state index is 0.00777. The molecule has 0 spiro atoms. The third kappa shape index (κ3) is 5.17. The fourth-order valence-corrected chi connectivity index (χ4v) is 7.11. The molecule has 2 aromatic rings. The molecule has 0 aliphatic heterocycles. The van der Waals surface area contributed by atoms with E-state index in [1.165, 1.54) is 11.0 Å². The average Bonchev–Trinajstić information content (AvgIpc) is 2.97. The Balaban J connectivity index is 1.64. The highest BCUT2D eigenvalue weighted by atomic mass is 16.5. The van der Waals surface area contributed by atoms with Crippen LogP contribution in [0.3, 0.4) is 0 Å². The van der Waals surface area contributed by atoms with Crippen molar-refractivity contribution in [2.75, 3.05) is 48.4 Å². The Morgan fingerprint density at radius 3 is 2.42 bits per heavy atom. The lowest BCUT2D eigenvalue weighted by atomic mass is 9.57. The van der Waals surface area contributed by atoms with Crippen LogP contribution in [0.5, 0.6) is 11.5 Å².